The van der Waals surface area contributed by atoms with Gasteiger partial charge in [-0.15, -0.1) is 0 Å². The zero-order valence-corrected chi connectivity index (χ0v) is 16.8. The third-order valence-corrected chi connectivity index (χ3v) is 5.07. The van der Waals surface area contributed by atoms with Gasteiger partial charge in [0.2, 0.25) is 5.75 Å². The van der Waals surface area contributed by atoms with Gasteiger partial charge in [0.05, 0.1) is 27.9 Å². The number of methoxy groups -OCH3 is 3. The Morgan fingerprint density at radius 1 is 0.857 bits per heavy atom. The lowest BCUT2D eigenvalue weighted by molar-refractivity contribution is 0.0843. The van der Waals surface area contributed by atoms with Crippen molar-refractivity contribution in [2.75, 3.05) is 54.1 Å². The van der Waals surface area contributed by atoms with E-state index in [2.05, 4.69) is 34.1 Å². The van der Waals surface area contributed by atoms with Gasteiger partial charge in [-0.25, -0.2) is 0 Å². The topological polar surface area (TPSA) is 51.2 Å². The van der Waals surface area contributed by atoms with Crippen molar-refractivity contribution in [3.8, 4) is 17.2 Å². The van der Waals surface area contributed by atoms with E-state index in [-0.39, 0.29) is 5.78 Å². The molecule has 28 heavy (non-hydrogen) atoms. The zero-order valence-electron chi connectivity index (χ0n) is 16.8. The molecule has 0 saturated carbocycles. The molecule has 1 aliphatic rings. The van der Waals surface area contributed by atoms with Crippen LogP contribution >= 0.6 is 0 Å². The first-order chi connectivity index (χ1) is 13.6. The number of Topliss-reactive ketones (excluding diaryl/α,β-unsaturated/α-hetero) is 1. The molecule has 6 heteroatoms. The lowest BCUT2D eigenvalue weighted by Crippen LogP contribution is -2.47. The van der Waals surface area contributed by atoms with E-state index >= 15 is 0 Å². The van der Waals surface area contributed by atoms with E-state index in [1.54, 1.807) is 33.5 Å². The quantitative estimate of drug-likeness (QED) is 0.653. The highest BCUT2D eigenvalue weighted by molar-refractivity contribution is 5.98. The van der Waals surface area contributed by atoms with Gasteiger partial charge in [0.15, 0.2) is 17.3 Å². The highest BCUT2D eigenvalue weighted by Gasteiger charge is 2.22. The van der Waals surface area contributed by atoms with Crippen LogP contribution in [0.3, 0.4) is 0 Å². The molecule has 1 aliphatic heterocycles. The van der Waals surface area contributed by atoms with Crippen molar-refractivity contribution in [2.24, 2.45) is 0 Å². The number of piperazine rings is 1. The zero-order chi connectivity index (χ0) is 19.9. The van der Waals surface area contributed by atoms with E-state index in [9.17, 15) is 4.79 Å². The summed E-state index contributed by atoms with van der Waals surface area (Å²) in [5.74, 6) is 1.54. The van der Waals surface area contributed by atoms with Gasteiger partial charge in [-0.3, -0.25) is 14.6 Å². The van der Waals surface area contributed by atoms with Crippen molar-refractivity contribution >= 4 is 5.78 Å². The first-order valence-corrected chi connectivity index (χ1v) is 9.46. The first-order valence-electron chi connectivity index (χ1n) is 9.46. The second kappa shape index (κ2) is 9.57. The van der Waals surface area contributed by atoms with E-state index < -0.39 is 0 Å². The monoisotopic (exact) mass is 384 g/mol. The smallest absolute Gasteiger partial charge is 0.203 e. The van der Waals surface area contributed by atoms with Gasteiger partial charge in [0, 0.05) is 38.3 Å². The van der Waals surface area contributed by atoms with E-state index in [0.717, 1.165) is 32.7 Å². The molecule has 0 N–H and O–H groups in total. The van der Waals surface area contributed by atoms with Crippen LogP contribution in [0.2, 0.25) is 0 Å². The van der Waals surface area contributed by atoms with Crippen LogP contribution < -0.4 is 14.2 Å². The fourth-order valence-corrected chi connectivity index (χ4v) is 3.48. The molecule has 2 aromatic carbocycles. The molecular weight excluding hydrogens is 356 g/mol. The van der Waals surface area contributed by atoms with E-state index in [1.807, 2.05) is 6.07 Å². The minimum Gasteiger partial charge on any atom is -0.493 e. The Bertz CT molecular complexity index is 761. The molecule has 0 aliphatic carbocycles. The van der Waals surface area contributed by atoms with E-state index in [4.69, 9.17) is 14.2 Å². The van der Waals surface area contributed by atoms with Crippen LogP contribution in [0, 0.1) is 0 Å². The molecule has 0 radical (unpaired) electrons. The SMILES string of the molecule is COc1cc(C(=O)CN2CCN(Cc3ccccc3)CC2)cc(OC)c1OC. The van der Waals surface area contributed by atoms with Gasteiger partial charge >= 0.3 is 0 Å². The van der Waals surface area contributed by atoms with Gasteiger partial charge in [-0.05, 0) is 17.7 Å². The fraction of sp³-hybridized carbons (Fsp3) is 0.409. The molecule has 0 unspecified atom stereocenters. The van der Waals surface area contributed by atoms with Crippen molar-refractivity contribution < 1.29 is 19.0 Å². The number of carbonyl (C=O) groups excluding carboxylic acids is 1. The van der Waals surface area contributed by atoms with Gasteiger partial charge in [-0.2, -0.15) is 0 Å². The average Bonchev–Trinajstić information content (AvgIpc) is 2.74. The molecule has 1 saturated heterocycles. The number of rotatable bonds is 8. The number of nitrogens with zero attached hydrogens (tertiary/aromatic N) is 2. The van der Waals surface area contributed by atoms with Gasteiger partial charge in [-0.1, -0.05) is 30.3 Å². The van der Waals surface area contributed by atoms with Crippen LogP contribution in [0.15, 0.2) is 42.5 Å². The van der Waals surface area contributed by atoms with E-state index in [1.165, 1.54) is 5.56 Å². The number of hydrogen-bond acceptors (Lipinski definition) is 6. The van der Waals surface area contributed by atoms with Crippen molar-refractivity contribution in [2.45, 2.75) is 6.54 Å². The summed E-state index contributed by atoms with van der Waals surface area (Å²) < 4.78 is 16.0. The van der Waals surface area contributed by atoms with Gasteiger partial charge in [0.1, 0.15) is 0 Å². The molecule has 150 valence electrons. The Labute approximate surface area is 166 Å². The van der Waals surface area contributed by atoms with Crippen LogP contribution in [0.5, 0.6) is 17.2 Å². The third-order valence-electron chi connectivity index (χ3n) is 5.07. The predicted molar refractivity (Wildman–Crippen MR) is 109 cm³/mol. The van der Waals surface area contributed by atoms with Crippen LogP contribution in [-0.2, 0) is 6.54 Å². The summed E-state index contributed by atoms with van der Waals surface area (Å²) >= 11 is 0. The highest BCUT2D eigenvalue weighted by atomic mass is 16.5. The fourth-order valence-electron chi connectivity index (χ4n) is 3.48. The predicted octanol–water partition coefficient (Wildman–Crippen LogP) is 2.71. The van der Waals surface area contributed by atoms with Crippen molar-refractivity contribution in [1.29, 1.82) is 0 Å². The Morgan fingerprint density at radius 3 is 1.96 bits per heavy atom. The van der Waals surface area contributed by atoms with Crippen molar-refractivity contribution in [1.82, 2.24) is 9.80 Å². The average molecular weight is 384 g/mol. The lowest BCUT2D eigenvalue weighted by atomic mass is 10.1. The molecule has 3 rings (SSSR count). The largest absolute Gasteiger partial charge is 0.493 e. The molecule has 1 heterocycles. The molecule has 1 fully saturated rings. The summed E-state index contributed by atoms with van der Waals surface area (Å²) in [6.07, 6.45) is 0. The highest BCUT2D eigenvalue weighted by Crippen LogP contribution is 2.38. The number of carbonyl (C=O) groups is 1. The van der Waals surface area contributed by atoms with Crippen molar-refractivity contribution in [3.05, 3.63) is 53.6 Å². The molecule has 0 bridgehead atoms. The van der Waals surface area contributed by atoms with E-state index in [0.29, 0.717) is 29.4 Å². The molecule has 0 aromatic heterocycles. The molecule has 6 nitrogen and oxygen atoms in total. The summed E-state index contributed by atoms with van der Waals surface area (Å²) in [5, 5.41) is 0. The molecule has 2 aromatic rings. The Hall–Kier alpha value is -2.57. The molecule has 0 atom stereocenters. The minimum atomic E-state index is 0.0516. The van der Waals surface area contributed by atoms with Gasteiger partial charge in [0.25, 0.3) is 0 Å². The second-order valence-electron chi connectivity index (χ2n) is 6.88. The number of ether oxygens (including phenoxy) is 3. The number of hydrogen-bond donors (Lipinski definition) is 0. The maximum Gasteiger partial charge on any atom is 0.203 e. The van der Waals surface area contributed by atoms with Crippen LogP contribution in [-0.4, -0.2) is 69.6 Å². The van der Waals surface area contributed by atoms with Crippen LogP contribution in [0.25, 0.3) is 0 Å². The standard InChI is InChI=1S/C22H28N2O4/c1-26-20-13-18(14-21(27-2)22(20)28-3)19(25)16-24-11-9-23(10-12-24)15-17-7-5-4-6-8-17/h4-8,13-14H,9-12,15-16H2,1-3H3. The summed E-state index contributed by atoms with van der Waals surface area (Å²) in [6, 6.07) is 13.9. The summed E-state index contributed by atoms with van der Waals surface area (Å²) in [4.78, 5) is 17.4. The Morgan fingerprint density at radius 2 is 1.43 bits per heavy atom. The normalized spacial score (nSPS) is 15.2. The summed E-state index contributed by atoms with van der Waals surface area (Å²) in [6.45, 7) is 5.01. The number of ketones is 1. The lowest BCUT2D eigenvalue weighted by Gasteiger charge is -2.34. The summed E-state index contributed by atoms with van der Waals surface area (Å²) in [7, 11) is 4.66. The maximum absolute atomic E-state index is 12.8. The minimum absolute atomic E-state index is 0.0516. The van der Waals surface area contributed by atoms with Crippen LogP contribution in [0.1, 0.15) is 15.9 Å². The second-order valence-corrected chi connectivity index (χ2v) is 6.88. The molecule has 0 spiro atoms. The maximum atomic E-state index is 12.8. The Balaban J connectivity index is 1.58. The summed E-state index contributed by atoms with van der Waals surface area (Å²) in [5.41, 5.74) is 1.89. The van der Waals surface area contributed by atoms with Gasteiger partial charge < -0.3 is 14.2 Å². The number of benzene rings is 2. The van der Waals surface area contributed by atoms with Crippen LogP contribution in [0.4, 0.5) is 0 Å². The Kier molecular flexibility index (Phi) is 6.90. The first kappa shape index (κ1) is 20.2. The third kappa shape index (κ3) is 4.82. The molecular formula is C22H28N2O4. The molecule has 0 amide bonds. The van der Waals surface area contributed by atoms with Crippen molar-refractivity contribution in [3.63, 3.8) is 0 Å².